The molecule has 2 aromatic rings. The van der Waals surface area contributed by atoms with Crippen molar-refractivity contribution in [2.24, 2.45) is 0 Å². The molecule has 1 aliphatic rings. The van der Waals surface area contributed by atoms with Crippen LogP contribution in [-0.2, 0) is 20.7 Å². The molecule has 0 unspecified atom stereocenters. The van der Waals surface area contributed by atoms with E-state index < -0.39 is 0 Å². The lowest BCUT2D eigenvalue weighted by Gasteiger charge is -2.22. The van der Waals surface area contributed by atoms with E-state index in [0.29, 0.717) is 31.6 Å². The molecule has 0 aromatic heterocycles. The maximum Gasteiger partial charge on any atom is 0.305 e. The fourth-order valence-electron chi connectivity index (χ4n) is 4.35. The number of rotatable bonds is 13. The first-order chi connectivity index (χ1) is 16.6. The normalized spacial score (nSPS) is 15.7. The molecule has 2 aromatic carbocycles. The van der Waals surface area contributed by atoms with Gasteiger partial charge in [0, 0.05) is 24.9 Å². The zero-order valence-corrected chi connectivity index (χ0v) is 20.1. The van der Waals surface area contributed by atoms with E-state index in [2.05, 4.69) is 12.1 Å². The Morgan fingerprint density at radius 3 is 2.56 bits per heavy atom. The minimum absolute atomic E-state index is 0.0246. The van der Waals surface area contributed by atoms with Crippen molar-refractivity contribution < 1.29 is 19.1 Å². The van der Waals surface area contributed by atoms with Gasteiger partial charge in [-0.25, -0.2) is 0 Å². The van der Waals surface area contributed by atoms with Gasteiger partial charge in [0.2, 0.25) is 5.91 Å². The number of hydrogen-bond acceptors (Lipinski definition) is 4. The molecule has 1 heterocycles. The molecule has 0 spiro atoms. The lowest BCUT2D eigenvalue weighted by atomic mass is 10.0. The fourth-order valence-corrected chi connectivity index (χ4v) is 4.35. The van der Waals surface area contributed by atoms with E-state index in [1.165, 1.54) is 5.56 Å². The van der Waals surface area contributed by atoms with Gasteiger partial charge in [0.15, 0.2) is 5.78 Å². The summed E-state index contributed by atoms with van der Waals surface area (Å²) in [5.74, 6) is -0.0238. The Balaban J connectivity index is 1.48. The van der Waals surface area contributed by atoms with Gasteiger partial charge >= 0.3 is 5.97 Å². The van der Waals surface area contributed by atoms with E-state index in [1.54, 1.807) is 6.08 Å². The van der Waals surface area contributed by atoms with Crippen molar-refractivity contribution in [3.05, 3.63) is 83.4 Å². The Kier molecular flexibility index (Phi) is 10.1. The molecular formula is C29H35NO4. The van der Waals surface area contributed by atoms with Gasteiger partial charge in [-0.2, -0.15) is 0 Å². The number of likely N-dealkylation sites (tertiary alicyclic amines) is 1. The van der Waals surface area contributed by atoms with Crippen molar-refractivity contribution in [2.45, 2.75) is 64.3 Å². The Bertz CT molecular complexity index is 983. The summed E-state index contributed by atoms with van der Waals surface area (Å²) in [6.45, 7) is 2.92. The number of nitrogens with zero attached hydrogens (tertiary/aromatic N) is 1. The molecule has 34 heavy (non-hydrogen) atoms. The highest BCUT2D eigenvalue weighted by molar-refractivity contribution is 6.04. The standard InChI is InChI=1S/C29H35NO4/c1-2-34-29(33)15-8-3-4-9-20-30-26(17-19-28(30)32)16-18-27(31)25-14-10-13-24(22-25)21-23-11-6-5-7-12-23/h5-7,10-14,16,18,22,26H,2-4,8-9,15,17,19-21H2,1H3/b18-16+/t26-/m0/s1. The van der Waals surface area contributed by atoms with Gasteiger partial charge in [-0.05, 0) is 55.9 Å². The molecular weight excluding hydrogens is 426 g/mol. The monoisotopic (exact) mass is 461 g/mol. The number of ketones is 1. The van der Waals surface area contributed by atoms with Crippen LogP contribution in [0.2, 0.25) is 0 Å². The van der Waals surface area contributed by atoms with Gasteiger partial charge in [-0.3, -0.25) is 14.4 Å². The van der Waals surface area contributed by atoms with E-state index in [0.717, 1.165) is 44.1 Å². The summed E-state index contributed by atoms with van der Waals surface area (Å²) in [5.41, 5.74) is 2.98. The lowest BCUT2D eigenvalue weighted by molar-refractivity contribution is -0.143. The van der Waals surface area contributed by atoms with Gasteiger partial charge in [-0.1, -0.05) is 67.4 Å². The van der Waals surface area contributed by atoms with E-state index in [4.69, 9.17) is 4.74 Å². The third-order valence-electron chi connectivity index (χ3n) is 6.14. The molecule has 0 bridgehead atoms. The van der Waals surface area contributed by atoms with Crippen LogP contribution in [0.3, 0.4) is 0 Å². The average Bonchev–Trinajstić information content (AvgIpc) is 3.20. The molecule has 1 aliphatic heterocycles. The topological polar surface area (TPSA) is 63.7 Å². The molecule has 0 saturated carbocycles. The minimum Gasteiger partial charge on any atom is -0.466 e. The number of hydrogen-bond donors (Lipinski definition) is 0. The van der Waals surface area contributed by atoms with Crippen LogP contribution in [0.1, 0.15) is 73.4 Å². The summed E-state index contributed by atoms with van der Waals surface area (Å²) < 4.78 is 4.94. The van der Waals surface area contributed by atoms with E-state index in [-0.39, 0.29) is 23.7 Å². The summed E-state index contributed by atoms with van der Waals surface area (Å²) in [5, 5.41) is 0. The number of carbonyl (C=O) groups excluding carboxylic acids is 3. The highest BCUT2D eigenvalue weighted by atomic mass is 16.5. The second kappa shape index (κ2) is 13.5. The van der Waals surface area contributed by atoms with Gasteiger partial charge < -0.3 is 9.64 Å². The van der Waals surface area contributed by atoms with Crippen LogP contribution in [0.5, 0.6) is 0 Å². The average molecular weight is 462 g/mol. The predicted molar refractivity (Wildman–Crippen MR) is 134 cm³/mol. The molecule has 5 nitrogen and oxygen atoms in total. The molecule has 1 fully saturated rings. The summed E-state index contributed by atoms with van der Waals surface area (Å²) in [6, 6.07) is 17.9. The van der Waals surface area contributed by atoms with Crippen LogP contribution < -0.4 is 0 Å². The van der Waals surface area contributed by atoms with Crippen molar-refractivity contribution in [1.82, 2.24) is 4.90 Å². The molecule has 1 atom stereocenters. The second-order valence-electron chi connectivity index (χ2n) is 8.75. The highest BCUT2D eigenvalue weighted by Gasteiger charge is 2.28. The van der Waals surface area contributed by atoms with E-state index in [9.17, 15) is 14.4 Å². The minimum atomic E-state index is -0.141. The quantitative estimate of drug-likeness (QED) is 0.170. The molecule has 180 valence electrons. The summed E-state index contributed by atoms with van der Waals surface area (Å²) >= 11 is 0. The lowest BCUT2D eigenvalue weighted by Crippen LogP contribution is -2.32. The van der Waals surface area contributed by atoms with Crippen molar-refractivity contribution in [2.75, 3.05) is 13.2 Å². The number of ether oxygens (including phenoxy) is 1. The van der Waals surface area contributed by atoms with Crippen LogP contribution >= 0.6 is 0 Å². The summed E-state index contributed by atoms with van der Waals surface area (Å²) in [4.78, 5) is 38.4. The predicted octanol–water partition coefficient (Wildman–Crippen LogP) is 5.52. The largest absolute Gasteiger partial charge is 0.466 e. The number of carbonyl (C=O) groups is 3. The van der Waals surface area contributed by atoms with Crippen molar-refractivity contribution in [1.29, 1.82) is 0 Å². The molecule has 1 amide bonds. The first-order valence-corrected chi connectivity index (χ1v) is 12.4. The van der Waals surface area contributed by atoms with Crippen molar-refractivity contribution in [3.63, 3.8) is 0 Å². The SMILES string of the molecule is CCOC(=O)CCCCCCN1C(=O)CC[C@@H]1/C=C/C(=O)c1cccc(Cc2ccccc2)c1. The maximum absolute atomic E-state index is 12.8. The Morgan fingerprint density at radius 2 is 1.76 bits per heavy atom. The van der Waals surface area contributed by atoms with Crippen molar-refractivity contribution in [3.8, 4) is 0 Å². The fraction of sp³-hybridized carbons (Fsp3) is 0.414. The number of amides is 1. The maximum atomic E-state index is 12.8. The van der Waals surface area contributed by atoms with Crippen LogP contribution in [0.15, 0.2) is 66.7 Å². The molecule has 0 radical (unpaired) electrons. The first-order valence-electron chi connectivity index (χ1n) is 12.4. The smallest absolute Gasteiger partial charge is 0.305 e. The van der Waals surface area contributed by atoms with Gasteiger partial charge in [0.1, 0.15) is 0 Å². The zero-order chi connectivity index (χ0) is 24.2. The number of unbranched alkanes of at least 4 members (excludes halogenated alkanes) is 3. The highest BCUT2D eigenvalue weighted by Crippen LogP contribution is 2.21. The van der Waals surface area contributed by atoms with Crippen LogP contribution in [0.4, 0.5) is 0 Å². The van der Waals surface area contributed by atoms with Gasteiger partial charge in [0.25, 0.3) is 0 Å². The van der Waals surface area contributed by atoms with Crippen molar-refractivity contribution >= 4 is 17.7 Å². The first kappa shape index (κ1) is 25.4. The van der Waals surface area contributed by atoms with E-state index in [1.807, 2.05) is 60.4 Å². The third-order valence-corrected chi connectivity index (χ3v) is 6.14. The summed E-state index contributed by atoms with van der Waals surface area (Å²) in [7, 11) is 0. The van der Waals surface area contributed by atoms with Crippen LogP contribution in [0.25, 0.3) is 0 Å². The third kappa shape index (κ3) is 7.98. The molecule has 1 saturated heterocycles. The van der Waals surface area contributed by atoms with Crippen LogP contribution in [0, 0.1) is 0 Å². The van der Waals surface area contributed by atoms with E-state index >= 15 is 0 Å². The Morgan fingerprint density at radius 1 is 1.00 bits per heavy atom. The molecule has 0 N–H and O–H groups in total. The Hall–Kier alpha value is -3.21. The zero-order valence-electron chi connectivity index (χ0n) is 20.1. The second-order valence-corrected chi connectivity index (χ2v) is 8.75. The summed E-state index contributed by atoms with van der Waals surface area (Å²) in [6.07, 6.45) is 9.65. The molecule has 5 heteroatoms. The number of benzene rings is 2. The van der Waals surface area contributed by atoms with Gasteiger partial charge in [0.05, 0.1) is 12.6 Å². The Labute approximate surface area is 202 Å². The molecule has 3 rings (SSSR count). The number of allylic oxidation sites excluding steroid dienone is 1. The molecule has 0 aliphatic carbocycles. The van der Waals surface area contributed by atoms with Gasteiger partial charge in [-0.15, -0.1) is 0 Å². The number of esters is 1. The van der Waals surface area contributed by atoms with Crippen LogP contribution in [-0.4, -0.2) is 41.8 Å².